The Morgan fingerprint density at radius 2 is 1.20 bits per heavy atom. The van der Waals surface area contributed by atoms with Crippen LogP contribution in [0.5, 0.6) is 11.5 Å². The van der Waals surface area contributed by atoms with Crippen LogP contribution < -0.4 is 4.74 Å². The van der Waals surface area contributed by atoms with Crippen LogP contribution in [0, 0.1) is 3.57 Å². The fourth-order valence-electron chi connectivity index (χ4n) is 2.02. The van der Waals surface area contributed by atoms with Gasteiger partial charge in [0.05, 0.1) is 0 Å². The van der Waals surface area contributed by atoms with Crippen LogP contribution in [0.3, 0.4) is 0 Å². The van der Waals surface area contributed by atoms with Crippen LogP contribution in [0.2, 0.25) is 0 Å². The molecule has 98 valence electrons. The van der Waals surface area contributed by atoms with Crippen molar-refractivity contribution in [2.75, 3.05) is 0 Å². The van der Waals surface area contributed by atoms with E-state index in [-0.39, 0.29) is 0 Å². The van der Waals surface area contributed by atoms with E-state index in [2.05, 4.69) is 59.0 Å². The standard InChI is InChI=1S/C18H13IO/c19-18-9-5-4-8-17(18)14-10-12-16(13-11-14)20-15-6-2-1-3-7-15/h1-13H. The number of hydrogen-bond acceptors (Lipinski definition) is 1. The molecule has 0 aromatic heterocycles. The van der Waals surface area contributed by atoms with Gasteiger partial charge in [-0.05, 0) is 64.0 Å². The van der Waals surface area contributed by atoms with E-state index in [1.807, 2.05) is 42.5 Å². The van der Waals surface area contributed by atoms with Crippen molar-refractivity contribution in [3.63, 3.8) is 0 Å². The highest BCUT2D eigenvalue weighted by molar-refractivity contribution is 14.1. The molecule has 3 aromatic rings. The molecular weight excluding hydrogens is 359 g/mol. The van der Waals surface area contributed by atoms with Crippen molar-refractivity contribution in [3.8, 4) is 22.6 Å². The first-order valence-electron chi connectivity index (χ1n) is 6.41. The number of ether oxygens (including phenoxy) is 1. The number of halogens is 1. The Hall–Kier alpha value is -1.81. The molecule has 0 heterocycles. The van der Waals surface area contributed by atoms with Crippen molar-refractivity contribution >= 4 is 22.6 Å². The Morgan fingerprint density at radius 1 is 0.600 bits per heavy atom. The van der Waals surface area contributed by atoms with Gasteiger partial charge in [-0.25, -0.2) is 0 Å². The molecule has 3 rings (SSSR count). The Morgan fingerprint density at radius 3 is 1.90 bits per heavy atom. The quantitative estimate of drug-likeness (QED) is 0.532. The Bertz CT molecular complexity index is 690. The Kier molecular flexibility index (Phi) is 4.02. The van der Waals surface area contributed by atoms with Gasteiger partial charge in [0.15, 0.2) is 0 Å². The van der Waals surface area contributed by atoms with Crippen LogP contribution in [0.1, 0.15) is 0 Å². The van der Waals surface area contributed by atoms with Crippen molar-refractivity contribution in [2.24, 2.45) is 0 Å². The average Bonchev–Trinajstić information content (AvgIpc) is 2.50. The van der Waals surface area contributed by atoms with Crippen molar-refractivity contribution in [2.45, 2.75) is 0 Å². The van der Waals surface area contributed by atoms with E-state index in [1.165, 1.54) is 14.7 Å². The summed E-state index contributed by atoms with van der Waals surface area (Å²) in [6.45, 7) is 0. The lowest BCUT2D eigenvalue weighted by atomic mass is 10.1. The summed E-state index contributed by atoms with van der Waals surface area (Å²) in [7, 11) is 0. The third-order valence-electron chi connectivity index (χ3n) is 3.02. The SMILES string of the molecule is Ic1ccccc1-c1ccc(Oc2ccccc2)cc1. The molecule has 0 saturated carbocycles. The Balaban J connectivity index is 1.83. The maximum absolute atomic E-state index is 5.80. The predicted molar refractivity (Wildman–Crippen MR) is 91.1 cm³/mol. The van der Waals surface area contributed by atoms with E-state index in [9.17, 15) is 0 Å². The van der Waals surface area contributed by atoms with Gasteiger partial charge in [0, 0.05) is 3.57 Å². The van der Waals surface area contributed by atoms with Gasteiger partial charge >= 0.3 is 0 Å². The van der Waals surface area contributed by atoms with Gasteiger partial charge in [0.2, 0.25) is 0 Å². The van der Waals surface area contributed by atoms with Crippen molar-refractivity contribution < 1.29 is 4.74 Å². The lowest BCUT2D eigenvalue weighted by Crippen LogP contribution is -1.85. The van der Waals surface area contributed by atoms with Gasteiger partial charge in [-0.1, -0.05) is 48.5 Å². The predicted octanol–water partition coefficient (Wildman–Crippen LogP) is 5.75. The highest BCUT2D eigenvalue weighted by Crippen LogP contribution is 2.28. The first-order chi connectivity index (χ1) is 9.83. The third kappa shape index (κ3) is 3.02. The largest absolute Gasteiger partial charge is 0.457 e. The highest BCUT2D eigenvalue weighted by Gasteiger charge is 2.02. The number of rotatable bonds is 3. The number of benzene rings is 3. The van der Waals surface area contributed by atoms with E-state index in [4.69, 9.17) is 4.74 Å². The molecule has 3 aromatic carbocycles. The minimum Gasteiger partial charge on any atom is -0.457 e. The van der Waals surface area contributed by atoms with Gasteiger partial charge in [-0.3, -0.25) is 0 Å². The summed E-state index contributed by atoms with van der Waals surface area (Å²) in [5.74, 6) is 1.71. The summed E-state index contributed by atoms with van der Waals surface area (Å²) >= 11 is 2.36. The molecule has 0 N–H and O–H groups in total. The molecule has 0 amide bonds. The van der Waals surface area contributed by atoms with Crippen LogP contribution >= 0.6 is 22.6 Å². The number of para-hydroxylation sites is 1. The summed E-state index contributed by atoms with van der Waals surface area (Å²) in [6.07, 6.45) is 0. The zero-order chi connectivity index (χ0) is 13.8. The minimum atomic E-state index is 0.853. The van der Waals surface area contributed by atoms with Crippen molar-refractivity contribution in [1.82, 2.24) is 0 Å². The molecule has 0 radical (unpaired) electrons. The van der Waals surface area contributed by atoms with Crippen molar-refractivity contribution in [3.05, 3.63) is 82.4 Å². The molecule has 0 aliphatic rings. The maximum Gasteiger partial charge on any atom is 0.127 e. The van der Waals surface area contributed by atoms with Crippen LogP contribution in [-0.2, 0) is 0 Å². The summed E-state index contributed by atoms with van der Waals surface area (Å²) < 4.78 is 7.05. The minimum absolute atomic E-state index is 0.853. The van der Waals surface area contributed by atoms with Gasteiger partial charge < -0.3 is 4.74 Å². The fourth-order valence-corrected chi connectivity index (χ4v) is 2.72. The lowest BCUT2D eigenvalue weighted by Gasteiger charge is -2.08. The van der Waals surface area contributed by atoms with Crippen LogP contribution in [0.25, 0.3) is 11.1 Å². The third-order valence-corrected chi connectivity index (χ3v) is 3.96. The van der Waals surface area contributed by atoms with Gasteiger partial charge in [0.1, 0.15) is 11.5 Å². The summed E-state index contributed by atoms with van der Waals surface area (Å²) in [6, 6.07) is 26.4. The smallest absolute Gasteiger partial charge is 0.127 e. The van der Waals surface area contributed by atoms with Gasteiger partial charge in [-0.15, -0.1) is 0 Å². The molecule has 20 heavy (non-hydrogen) atoms. The number of hydrogen-bond donors (Lipinski definition) is 0. The second-order valence-electron chi connectivity index (χ2n) is 4.42. The molecule has 0 spiro atoms. The first-order valence-corrected chi connectivity index (χ1v) is 7.49. The molecule has 0 unspecified atom stereocenters. The molecule has 0 aliphatic heterocycles. The summed E-state index contributed by atoms with van der Waals surface area (Å²) in [5, 5.41) is 0. The molecule has 1 nitrogen and oxygen atoms in total. The van der Waals surface area contributed by atoms with E-state index in [0.29, 0.717) is 0 Å². The molecule has 0 fully saturated rings. The van der Waals surface area contributed by atoms with E-state index in [1.54, 1.807) is 0 Å². The topological polar surface area (TPSA) is 9.23 Å². The van der Waals surface area contributed by atoms with Crippen molar-refractivity contribution in [1.29, 1.82) is 0 Å². The van der Waals surface area contributed by atoms with Crippen LogP contribution in [0.4, 0.5) is 0 Å². The van der Waals surface area contributed by atoms with E-state index >= 15 is 0 Å². The molecule has 2 heteroatoms. The molecule has 0 aliphatic carbocycles. The second kappa shape index (κ2) is 6.09. The molecule has 0 atom stereocenters. The zero-order valence-electron chi connectivity index (χ0n) is 10.8. The second-order valence-corrected chi connectivity index (χ2v) is 5.58. The molecule has 0 bridgehead atoms. The maximum atomic E-state index is 5.80. The zero-order valence-corrected chi connectivity index (χ0v) is 12.9. The van der Waals surface area contributed by atoms with Gasteiger partial charge in [0.25, 0.3) is 0 Å². The normalized spacial score (nSPS) is 10.2. The molecular formula is C18H13IO. The summed E-state index contributed by atoms with van der Waals surface area (Å²) in [5.41, 5.74) is 2.45. The molecule has 0 saturated heterocycles. The van der Waals surface area contributed by atoms with E-state index < -0.39 is 0 Å². The van der Waals surface area contributed by atoms with Crippen LogP contribution in [0.15, 0.2) is 78.9 Å². The lowest BCUT2D eigenvalue weighted by molar-refractivity contribution is 0.483. The fraction of sp³-hybridized carbons (Fsp3) is 0. The summed E-state index contributed by atoms with van der Waals surface area (Å²) in [4.78, 5) is 0. The van der Waals surface area contributed by atoms with Gasteiger partial charge in [-0.2, -0.15) is 0 Å². The van der Waals surface area contributed by atoms with Crippen LogP contribution in [-0.4, -0.2) is 0 Å². The highest BCUT2D eigenvalue weighted by atomic mass is 127. The Labute approximate surface area is 132 Å². The average molecular weight is 372 g/mol. The van der Waals surface area contributed by atoms with E-state index in [0.717, 1.165) is 11.5 Å². The first kappa shape index (κ1) is 13.2. The monoisotopic (exact) mass is 372 g/mol.